The number of hydrogen-bond donors (Lipinski definition) is 0. The van der Waals surface area contributed by atoms with Crippen molar-refractivity contribution in [1.29, 1.82) is 0 Å². The molecule has 3 rings (SSSR count). The lowest BCUT2D eigenvalue weighted by molar-refractivity contribution is 0.415. The van der Waals surface area contributed by atoms with E-state index in [4.69, 9.17) is 14.8 Å². The molecule has 0 bridgehead atoms. The maximum Gasteiger partial charge on any atom is 0.165 e. The second-order valence-corrected chi connectivity index (χ2v) is 6.67. The van der Waals surface area contributed by atoms with Gasteiger partial charge in [0.05, 0.1) is 12.8 Å². The minimum Gasteiger partial charge on any atom is -0.497 e. The lowest BCUT2D eigenvalue weighted by Crippen LogP contribution is -2.27. The van der Waals surface area contributed by atoms with Gasteiger partial charge in [-0.15, -0.1) is 0 Å². The summed E-state index contributed by atoms with van der Waals surface area (Å²) in [6.45, 7) is 10.6. The lowest BCUT2D eigenvalue weighted by Gasteiger charge is -2.24. The van der Waals surface area contributed by atoms with Gasteiger partial charge in [0, 0.05) is 30.4 Å². The van der Waals surface area contributed by atoms with Crippen molar-refractivity contribution < 1.29 is 4.74 Å². The monoisotopic (exact) mass is 352 g/mol. The highest BCUT2D eigenvalue weighted by molar-refractivity contribution is 5.81. The quantitative estimate of drug-likeness (QED) is 0.621. The number of methoxy groups -OCH3 is 1. The van der Waals surface area contributed by atoms with E-state index < -0.39 is 0 Å². The Labute approximate surface area is 155 Å². The molecule has 0 unspecified atom stereocenters. The Morgan fingerprint density at radius 2 is 1.81 bits per heavy atom. The Hall–Kier alpha value is -2.56. The molecule has 0 saturated heterocycles. The number of aryl methyl sites for hydroxylation is 2. The Balaban J connectivity index is 2.22. The lowest BCUT2D eigenvalue weighted by atomic mass is 10.1. The second-order valence-electron chi connectivity index (χ2n) is 6.67. The molecular weight excluding hydrogens is 324 g/mol. The summed E-state index contributed by atoms with van der Waals surface area (Å²) in [4.78, 5) is 7.23. The van der Waals surface area contributed by atoms with E-state index in [0.717, 1.165) is 65.7 Å². The van der Waals surface area contributed by atoms with Gasteiger partial charge >= 0.3 is 0 Å². The third-order valence-electron chi connectivity index (χ3n) is 4.54. The SMILES string of the molecule is CCCN(CCC)c1cc(C)nc2c(-c3cccc(OC)c3)c(C)nn12. The molecule has 0 aliphatic rings. The van der Waals surface area contributed by atoms with Gasteiger partial charge in [0.1, 0.15) is 11.6 Å². The molecule has 1 aromatic carbocycles. The van der Waals surface area contributed by atoms with E-state index in [1.165, 1.54) is 0 Å². The standard InChI is InChI=1S/C21H28N4O/c1-6-11-24(12-7-2)19-13-15(3)22-21-20(16(4)23-25(19)21)17-9-8-10-18(14-17)26-5/h8-10,13-14H,6-7,11-12H2,1-5H3. The van der Waals surface area contributed by atoms with E-state index in [2.05, 4.69) is 37.8 Å². The van der Waals surface area contributed by atoms with Crippen LogP contribution in [-0.4, -0.2) is 34.8 Å². The zero-order valence-electron chi connectivity index (χ0n) is 16.4. The van der Waals surface area contributed by atoms with Crippen LogP contribution < -0.4 is 9.64 Å². The number of nitrogens with zero attached hydrogens (tertiary/aromatic N) is 4. The Kier molecular flexibility index (Phi) is 5.45. The Morgan fingerprint density at radius 3 is 2.46 bits per heavy atom. The zero-order chi connectivity index (χ0) is 18.7. The highest BCUT2D eigenvalue weighted by Crippen LogP contribution is 2.32. The van der Waals surface area contributed by atoms with E-state index in [0.29, 0.717) is 0 Å². The molecular formula is C21H28N4O. The zero-order valence-corrected chi connectivity index (χ0v) is 16.4. The van der Waals surface area contributed by atoms with Crippen LogP contribution >= 0.6 is 0 Å². The van der Waals surface area contributed by atoms with E-state index >= 15 is 0 Å². The minimum atomic E-state index is 0.840. The van der Waals surface area contributed by atoms with E-state index in [9.17, 15) is 0 Å². The van der Waals surface area contributed by atoms with Gasteiger partial charge < -0.3 is 9.64 Å². The second kappa shape index (κ2) is 7.77. The van der Waals surface area contributed by atoms with Crippen LogP contribution in [0.4, 0.5) is 5.82 Å². The molecule has 5 nitrogen and oxygen atoms in total. The van der Waals surface area contributed by atoms with Crippen LogP contribution in [0.25, 0.3) is 16.8 Å². The normalized spacial score (nSPS) is 11.1. The van der Waals surface area contributed by atoms with Gasteiger partial charge in [-0.05, 0) is 44.4 Å². The summed E-state index contributed by atoms with van der Waals surface area (Å²) in [5.74, 6) is 1.96. The van der Waals surface area contributed by atoms with Gasteiger partial charge in [0.2, 0.25) is 0 Å². The molecule has 0 saturated carbocycles. The van der Waals surface area contributed by atoms with Crippen LogP contribution in [0.15, 0.2) is 30.3 Å². The third-order valence-corrected chi connectivity index (χ3v) is 4.54. The van der Waals surface area contributed by atoms with Crippen molar-refractivity contribution in [2.24, 2.45) is 0 Å². The molecule has 0 N–H and O–H groups in total. The van der Waals surface area contributed by atoms with Gasteiger partial charge in [-0.25, -0.2) is 4.98 Å². The number of ether oxygens (including phenoxy) is 1. The average Bonchev–Trinajstić information content (AvgIpc) is 2.96. The maximum atomic E-state index is 5.40. The molecule has 0 aliphatic carbocycles. The molecule has 5 heteroatoms. The van der Waals surface area contributed by atoms with Gasteiger partial charge in [-0.3, -0.25) is 0 Å². The smallest absolute Gasteiger partial charge is 0.165 e. The summed E-state index contributed by atoms with van der Waals surface area (Å²) in [5, 5.41) is 4.84. The number of benzene rings is 1. The first-order chi connectivity index (χ1) is 12.6. The van der Waals surface area contributed by atoms with Crippen molar-refractivity contribution in [2.75, 3.05) is 25.1 Å². The fourth-order valence-corrected chi connectivity index (χ4v) is 3.45. The fourth-order valence-electron chi connectivity index (χ4n) is 3.45. The van der Waals surface area contributed by atoms with Crippen molar-refractivity contribution in [1.82, 2.24) is 14.6 Å². The van der Waals surface area contributed by atoms with E-state index in [1.807, 2.05) is 29.6 Å². The Bertz CT molecular complexity index is 894. The van der Waals surface area contributed by atoms with Crippen molar-refractivity contribution in [3.63, 3.8) is 0 Å². The van der Waals surface area contributed by atoms with E-state index in [-0.39, 0.29) is 0 Å². The van der Waals surface area contributed by atoms with Gasteiger partial charge in [-0.1, -0.05) is 26.0 Å². The molecule has 26 heavy (non-hydrogen) atoms. The molecule has 3 aromatic rings. The Morgan fingerprint density at radius 1 is 1.08 bits per heavy atom. The molecule has 2 aromatic heterocycles. The van der Waals surface area contributed by atoms with Gasteiger partial charge in [-0.2, -0.15) is 9.61 Å². The number of anilines is 1. The number of hydrogen-bond acceptors (Lipinski definition) is 4. The topological polar surface area (TPSA) is 42.7 Å². The number of rotatable bonds is 7. The van der Waals surface area contributed by atoms with Gasteiger partial charge in [0.15, 0.2) is 5.65 Å². The van der Waals surface area contributed by atoms with Gasteiger partial charge in [0.25, 0.3) is 0 Å². The highest BCUT2D eigenvalue weighted by Gasteiger charge is 2.19. The van der Waals surface area contributed by atoms with E-state index in [1.54, 1.807) is 7.11 Å². The molecule has 0 aliphatic heterocycles. The first-order valence-corrected chi connectivity index (χ1v) is 9.35. The summed E-state index contributed by atoms with van der Waals surface area (Å²) in [5.41, 5.74) is 5.04. The van der Waals surface area contributed by atoms with Crippen molar-refractivity contribution in [2.45, 2.75) is 40.5 Å². The minimum absolute atomic E-state index is 0.840. The molecule has 0 atom stereocenters. The summed E-state index contributed by atoms with van der Waals surface area (Å²) < 4.78 is 7.40. The number of aromatic nitrogens is 3. The molecule has 0 radical (unpaired) electrons. The first-order valence-electron chi connectivity index (χ1n) is 9.35. The van der Waals surface area contributed by atoms with Crippen LogP contribution in [0.2, 0.25) is 0 Å². The average molecular weight is 352 g/mol. The molecule has 0 amide bonds. The highest BCUT2D eigenvalue weighted by atomic mass is 16.5. The third kappa shape index (κ3) is 3.39. The van der Waals surface area contributed by atoms with Crippen molar-refractivity contribution >= 4 is 11.5 Å². The van der Waals surface area contributed by atoms with Crippen molar-refractivity contribution in [3.05, 3.63) is 41.7 Å². The molecule has 2 heterocycles. The predicted molar refractivity (Wildman–Crippen MR) is 107 cm³/mol. The maximum absolute atomic E-state index is 5.40. The van der Waals surface area contributed by atoms with Crippen LogP contribution in [0.5, 0.6) is 5.75 Å². The molecule has 138 valence electrons. The number of fused-ring (bicyclic) bond motifs is 1. The first kappa shape index (κ1) is 18.2. The van der Waals surface area contributed by atoms with Crippen LogP contribution in [0.1, 0.15) is 38.1 Å². The van der Waals surface area contributed by atoms with Crippen LogP contribution in [0.3, 0.4) is 0 Å². The largest absolute Gasteiger partial charge is 0.497 e. The summed E-state index contributed by atoms with van der Waals surface area (Å²) >= 11 is 0. The summed E-state index contributed by atoms with van der Waals surface area (Å²) in [6.07, 6.45) is 2.21. The van der Waals surface area contributed by atoms with Crippen LogP contribution in [0, 0.1) is 13.8 Å². The summed E-state index contributed by atoms with van der Waals surface area (Å²) in [7, 11) is 1.69. The molecule has 0 fully saturated rings. The van der Waals surface area contributed by atoms with Crippen LogP contribution in [-0.2, 0) is 0 Å². The predicted octanol–water partition coefficient (Wildman–Crippen LogP) is 4.65. The van der Waals surface area contributed by atoms with Crippen molar-refractivity contribution in [3.8, 4) is 16.9 Å². The molecule has 0 spiro atoms. The fraction of sp³-hybridized carbons (Fsp3) is 0.429. The summed E-state index contributed by atoms with van der Waals surface area (Å²) in [6, 6.07) is 10.2.